The van der Waals surface area contributed by atoms with Gasteiger partial charge < -0.3 is 15.5 Å². The zero-order valence-electron chi connectivity index (χ0n) is 13.4. The fraction of sp³-hybridized carbons (Fsp3) is 0.368. The van der Waals surface area contributed by atoms with E-state index in [-0.39, 0.29) is 12.4 Å². The number of aromatic hydroxyl groups is 1. The number of halogens is 2. The minimum Gasteiger partial charge on any atom is -0.508 e. The maximum Gasteiger partial charge on any atom is 0.115 e. The first-order chi connectivity index (χ1) is 11.1. The number of aryl methyl sites for hydroxylation is 1. The lowest BCUT2D eigenvalue weighted by atomic mass is 9.84. The Balaban J connectivity index is 0.00000208. The van der Waals surface area contributed by atoms with E-state index in [0.717, 1.165) is 31.4 Å². The van der Waals surface area contributed by atoms with Gasteiger partial charge in [-0.1, -0.05) is 29.8 Å². The van der Waals surface area contributed by atoms with Crippen molar-refractivity contribution in [2.45, 2.75) is 25.4 Å². The van der Waals surface area contributed by atoms with Crippen LogP contribution in [0.25, 0.3) is 0 Å². The highest BCUT2D eigenvalue weighted by molar-refractivity contribution is 6.30. The van der Waals surface area contributed by atoms with Crippen molar-refractivity contribution in [1.82, 2.24) is 5.32 Å². The van der Waals surface area contributed by atoms with E-state index in [4.69, 9.17) is 11.6 Å². The van der Waals surface area contributed by atoms with Crippen LogP contribution in [0.1, 0.15) is 29.2 Å². The van der Waals surface area contributed by atoms with E-state index >= 15 is 0 Å². The molecule has 0 unspecified atom stereocenters. The first kappa shape index (κ1) is 19.1. The molecule has 3 nitrogen and oxygen atoms in total. The van der Waals surface area contributed by atoms with E-state index in [1.165, 1.54) is 11.1 Å². The molecule has 5 heteroatoms. The van der Waals surface area contributed by atoms with E-state index in [0.29, 0.717) is 23.2 Å². The Bertz CT molecular complexity index is 678. The molecule has 0 saturated heterocycles. The first-order valence-electron chi connectivity index (χ1n) is 8.07. The lowest BCUT2D eigenvalue weighted by Gasteiger charge is -2.25. The second-order valence-electron chi connectivity index (χ2n) is 6.29. The van der Waals surface area contributed by atoms with E-state index < -0.39 is 6.10 Å². The van der Waals surface area contributed by atoms with Crippen LogP contribution in [-0.4, -0.2) is 23.3 Å². The monoisotopic (exact) mass is 367 g/mol. The summed E-state index contributed by atoms with van der Waals surface area (Å²) in [7, 11) is 0. The number of benzene rings is 2. The largest absolute Gasteiger partial charge is 0.508 e. The molecule has 0 heterocycles. The van der Waals surface area contributed by atoms with E-state index in [1.54, 1.807) is 12.1 Å². The van der Waals surface area contributed by atoms with Crippen molar-refractivity contribution in [2.75, 3.05) is 13.1 Å². The molecule has 3 N–H and O–H groups in total. The standard InChI is InChI=1S/C19H22ClNO2.ClH/c20-17-3-1-2-16(9-17)19(23)12-21-11-13-4-5-15-10-18(22)7-6-14(15)8-13;/h1-3,6-7,9-10,13,19,21-23H,4-5,8,11-12H2;1H/t13-,19+;/m1./s1. The highest BCUT2D eigenvalue weighted by Crippen LogP contribution is 2.28. The summed E-state index contributed by atoms with van der Waals surface area (Å²) in [6.45, 7) is 1.41. The van der Waals surface area contributed by atoms with Crippen LogP contribution in [0.15, 0.2) is 42.5 Å². The quantitative estimate of drug-likeness (QED) is 0.751. The molecule has 0 aliphatic heterocycles. The molecule has 0 fully saturated rings. The number of fused-ring (bicyclic) bond motifs is 1. The van der Waals surface area contributed by atoms with Crippen LogP contribution in [0.4, 0.5) is 0 Å². The molecule has 0 spiro atoms. The van der Waals surface area contributed by atoms with Crippen LogP contribution >= 0.6 is 24.0 Å². The van der Waals surface area contributed by atoms with Gasteiger partial charge in [0.2, 0.25) is 0 Å². The third-order valence-electron chi connectivity index (χ3n) is 4.52. The number of rotatable bonds is 5. The van der Waals surface area contributed by atoms with Gasteiger partial charge in [0, 0.05) is 11.6 Å². The Morgan fingerprint density at radius 3 is 2.79 bits per heavy atom. The van der Waals surface area contributed by atoms with Crippen molar-refractivity contribution in [2.24, 2.45) is 5.92 Å². The molecule has 2 aromatic rings. The van der Waals surface area contributed by atoms with Gasteiger partial charge in [-0.3, -0.25) is 0 Å². The molecule has 24 heavy (non-hydrogen) atoms. The van der Waals surface area contributed by atoms with E-state index in [1.807, 2.05) is 30.3 Å². The fourth-order valence-electron chi connectivity index (χ4n) is 3.25. The minimum atomic E-state index is -0.540. The molecule has 0 bridgehead atoms. The summed E-state index contributed by atoms with van der Waals surface area (Å²) in [5, 5.41) is 23.8. The Kier molecular flexibility index (Phi) is 6.93. The van der Waals surface area contributed by atoms with Gasteiger partial charge >= 0.3 is 0 Å². The van der Waals surface area contributed by atoms with Crippen molar-refractivity contribution in [3.05, 3.63) is 64.2 Å². The Morgan fingerprint density at radius 2 is 2.00 bits per heavy atom. The van der Waals surface area contributed by atoms with Gasteiger partial charge in [0.05, 0.1) is 6.10 Å². The predicted octanol–water partition coefficient (Wildman–Crippen LogP) is 3.90. The number of hydrogen-bond donors (Lipinski definition) is 3. The van der Waals surface area contributed by atoms with Gasteiger partial charge in [-0.25, -0.2) is 0 Å². The average molecular weight is 368 g/mol. The van der Waals surface area contributed by atoms with Gasteiger partial charge in [-0.2, -0.15) is 0 Å². The summed E-state index contributed by atoms with van der Waals surface area (Å²) in [5.74, 6) is 0.920. The number of aliphatic hydroxyl groups is 1. The van der Waals surface area contributed by atoms with Gasteiger partial charge in [-0.05, 0) is 72.7 Å². The second kappa shape index (κ2) is 8.72. The highest BCUT2D eigenvalue weighted by atomic mass is 35.5. The molecular formula is C19H23Cl2NO2. The summed E-state index contributed by atoms with van der Waals surface area (Å²) in [6.07, 6.45) is 2.60. The van der Waals surface area contributed by atoms with Crippen molar-refractivity contribution in [3.63, 3.8) is 0 Å². The van der Waals surface area contributed by atoms with E-state index in [2.05, 4.69) is 5.32 Å². The summed E-state index contributed by atoms with van der Waals surface area (Å²) in [4.78, 5) is 0. The van der Waals surface area contributed by atoms with Gasteiger partial charge in [0.1, 0.15) is 5.75 Å². The maximum absolute atomic E-state index is 10.2. The Hall–Kier alpha value is -1.26. The fourth-order valence-corrected chi connectivity index (χ4v) is 3.45. The van der Waals surface area contributed by atoms with Crippen LogP contribution in [0.2, 0.25) is 5.02 Å². The normalized spacial score (nSPS) is 17.7. The Labute approximate surface area is 154 Å². The summed E-state index contributed by atoms with van der Waals surface area (Å²) < 4.78 is 0. The van der Waals surface area contributed by atoms with E-state index in [9.17, 15) is 10.2 Å². The molecule has 0 aromatic heterocycles. The molecule has 3 rings (SSSR count). The highest BCUT2D eigenvalue weighted by Gasteiger charge is 2.19. The third kappa shape index (κ3) is 4.87. The molecule has 1 aliphatic carbocycles. The minimum absolute atomic E-state index is 0. The lowest BCUT2D eigenvalue weighted by Crippen LogP contribution is -2.30. The van der Waals surface area contributed by atoms with Crippen molar-refractivity contribution in [1.29, 1.82) is 0 Å². The zero-order valence-corrected chi connectivity index (χ0v) is 15.0. The lowest BCUT2D eigenvalue weighted by molar-refractivity contribution is 0.172. The first-order valence-corrected chi connectivity index (χ1v) is 8.44. The van der Waals surface area contributed by atoms with Crippen LogP contribution < -0.4 is 5.32 Å². The molecular weight excluding hydrogens is 345 g/mol. The number of hydrogen-bond acceptors (Lipinski definition) is 3. The number of nitrogens with one attached hydrogen (secondary N) is 1. The van der Waals surface area contributed by atoms with Gasteiger partial charge in [0.15, 0.2) is 0 Å². The third-order valence-corrected chi connectivity index (χ3v) is 4.76. The molecule has 2 atom stereocenters. The summed E-state index contributed by atoms with van der Waals surface area (Å²) in [5.41, 5.74) is 3.44. The van der Waals surface area contributed by atoms with Crippen LogP contribution in [0.3, 0.4) is 0 Å². The van der Waals surface area contributed by atoms with Crippen molar-refractivity contribution in [3.8, 4) is 5.75 Å². The van der Waals surface area contributed by atoms with Crippen LogP contribution in [0, 0.1) is 5.92 Å². The molecule has 0 saturated carbocycles. The smallest absolute Gasteiger partial charge is 0.115 e. The average Bonchev–Trinajstić information content (AvgIpc) is 2.55. The maximum atomic E-state index is 10.2. The van der Waals surface area contributed by atoms with Crippen molar-refractivity contribution >= 4 is 24.0 Å². The van der Waals surface area contributed by atoms with Crippen LogP contribution in [0.5, 0.6) is 5.75 Å². The number of phenols is 1. The van der Waals surface area contributed by atoms with Crippen molar-refractivity contribution < 1.29 is 10.2 Å². The summed E-state index contributed by atoms with van der Waals surface area (Å²) in [6, 6.07) is 13.0. The number of aliphatic hydroxyl groups excluding tert-OH is 1. The molecule has 1 aliphatic rings. The summed E-state index contributed by atoms with van der Waals surface area (Å²) >= 11 is 5.95. The number of phenolic OH excluding ortho intramolecular Hbond substituents is 1. The topological polar surface area (TPSA) is 52.5 Å². The van der Waals surface area contributed by atoms with Gasteiger partial charge in [0.25, 0.3) is 0 Å². The Morgan fingerprint density at radius 1 is 1.17 bits per heavy atom. The molecule has 2 aromatic carbocycles. The van der Waals surface area contributed by atoms with Crippen LogP contribution in [-0.2, 0) is 12.8 Å². The van der Waals surface area contributed by atoms with Gasteiger partial charge in [-0.15, -0.1) is 12.4 Å². The SMILES string of the molecule is Cl.Oc1ccc2c(c1)CC[C@@H](CNC[C@H](O)c1cccc(Cl)c1)C2. The predicted molar refractivity (Wildman–Crippen MR) is 100 cm³/mol. The molecule has 0 amide bonds. The molecule has 130 valence electrons. The zero-order chi connectivity index (χ0) is 16.2. The molecule has 0 radical (unpaired) electrons. The second-order valence-corrected chi connectivity index (χ2v) is 6.73.